The Kier molecular flexibility index (Phi) is 5.27. The van der Waals surface area contributed by atoms with Gasteiger partial charge in [-0.05, 0) is 0 Å². The van der Waals surface area contributed by atoms with E-state index in [0.29, 0.717) is 5.01 Å². The number of urea groups is 1. The van der Waals surface area contributed by atoms with Crippen LogP contribution in [-0.2, 0) is 0 Å². The molecule has 0 aromatic heterocycles. The Morgan fingerprint density at radius 3 is 2.60 bits per heavy atom. The van der Waals surface area contributed by atoms with Gasteiger partial charge in [0.05, 0.1) is 0 Å². The van der Waals surface area contributed by atoms with E-state index in [9.17, 15) is 4.79 Å². The van der Waals surface area contributed by atoms with Crippen molar-refractivity contribution in [2.45, 2.75) is 0 Å². The van der Waals surface area contributed by atoms with Gasteiger partial charge in [0.25, 0.3) is 0 Å². The summed E-state index contributed by atoms with van der Waals surface area (Å²) in [6.07, 6.45) is 0. The van der Waals surface area contributed by atoms with E-state index in [1.807, 2.05) is 0 Å². The molecule has 0 heterocycles. The van der Waals surface area contributed by atoms with Crippen molar-refractivity contribution in [3.8, 4) is 0 Å². The summed E-state index contributed by atoms with van der Waals surface area (Å²) >= 11 is 11.8. The van der Waals surface area contributed by atoms with E-state index < -0.39 is 6.03 Å². The van der Waals surface area contributed by atoms with Crippen molar-refractivity contribution in [3.05, 3.63) is 0 Å². The van der Waals surface area contributed by atoms with Crippen LogP contribution in [0, 0.1) is 0 Å². The van der Waals surface area contributed by atoms with E-state index in [4.69, 9.17) is 5.84 Å². The second-order valence-electron chi connectivity index (χ2n) is 1.15. The molecule has 0 bridgehead atoms. The zero-order valence-electron chi connectivity index (χ0n) is 4.64. The second kappa shape index (κ2) is 5.08. The number of thiol groups is 2. The molecule has 0 aliphatic carbocycles. The third-order valence-corrected chi connectivity index (χ3v) is 1.51. The quantitative estimate of drug-likeness (QED) is 0.0983. The van der Waals surface area contributed by atoms with Crippen molar-refractivity contribution in [1.29, 1.82) is 0 Å². The van der Waals surface area contributed by atoms with Gasteiger partial charge in [-0.2, -0.15) is 0 Å². The first-order chi connectivity index (χ1) is 4.59. The number of nitrogens with two attached hydrogens (primary N) is 1. The summed E-state index contributed by atoms with van der Waals surface area (Å²) in [6, 6.07) is -0.556. The van der Waals surface area contributed by atoms with Gasteiger partial charge in [-0.15, -0.1) is 12.6 Å². The Labute approximate surface area is 78.2 Å². The minimum atomic E-state index is -0.556. The van der Waals surface area contributed by atoms with Gasteiger partial charge in [0.1, 0.15) is 0 Å². The van der Waals surface area contributed by atoms with Crippen molar-refractivity contribution >= 4 is 57.8 Å². The highest BCUT2D eigenvalue weighted by atomic mass is 33.1. The molecule has 0 rings (SSSR count). The summed E-state index contributed by atoms with van der Waals surface area (Å²) in [5.74, 6) is 5.10. The molecular formula is C2H5N3OS4. The monoisotopic (exact) mass is 215 g/mol. The first-order valence-corrected chi connectivity index (χ1v) is 4.70. The number of nitrogens with one attached hydrogen (secondary N) is 1. The first kappa shape index (κ1) is 10.4. The van der Waals surface area contributed by atoms with Crippen LogP contribution in [0.3, 0.4) is 0 Å². The average Bonchev–Trinajstić information content (AvgIpc) is 1.87. The van der Waals surface area contributed by atoms with Crippen LogP contribution < -0.4 is 10.6 Å². The molecule has 0 saturated carbocycles. The Morgan fingerprint density at radius 1 is 1.80 bits per heavy atom. The van der Waals surface area contributed by atoms with Gasteiger partial charge >= 0.3 is 6.03 Å². The molecule has 58 valence electrons. The van der Waals surface area contributed by atoms with Crippen molar-refractivity contribution < 1.29 is 4.79 Å². The lowest BCUT2D eigenvalue weighted by Gasteiger charge is -2.12. The smallest absolute Gasteiger partial charge is 0.271 e. The molecule has 0 unspecified atom stereocenters. The maximum Gasteiger partial charge on any atom is 0.348 e. The van der Waals surface area contributed by atoms with Crippen molar-refractivity contribution in [3.63, 3.8) is 0 Å². The van der Waals surface area contributed by atoms with E-state index in [-0.39, 0.29) is 4.32 Å². The van der Waals surface area contributed by atoms with Crippen LogP contribution in [0.25, 0.3) is 0 Å². The number of hydrogen-bond acceptors (Lipinski definition) is 5. The van der Waals surface area contributed by atoms with Gasteiger partial charge in [0.2, 0.25) is 0 Å². The number of thiocarbonyl (C=S) groups is 1. The van der Waals surface area contributed by atoms with Crippen molar-refractivity contribution in [2.24, 2.45) is 5.84 Å². The number of nitrogens with zero attached hydrogens (tertiary/aromatic N) is 1. The average molecular weight is 215 g/mol. The van der Waals surface area contributed by atoms with Crippen LogP contribution in [0.5, 0.6) is 0 Å². The highest BCUT2D eigenvalue weighted by molar-refractivity contribution is 8.68. The molecule has 4 nitrogen and oxygen atoms in total. The molecule has 3 N–H and O–H groups in total. The molecule has 0 aromatic rings. The third kappa shape index (κ3) is 3.52. The lowest BCUT2D eigenvalue weighted by atomic mass is 11.0. The molecule has 0 atom stereocenters. The Morgan fingerprint density at radius 2 is 2.30 bits per heavy atom. The lowest BCUT2D eigenvalue weighted by molar-refractivity contribution is 0.229. The second-order valence-corrected chi connectivity index (χ2v) is 3.20. The van der Waals surface area contributed by atoms with Crippen molar-refractivity contribution in [2.75, 3.05) is 0 Å². The highest BCUT2D eigenvalue weighted by Crippen LogP contribution is 1.99. The van der Waals surface area contributed by atoms with Crippen LogP contribution in [0.1, 0.15) is 0 Å². The number of hydrogen-bond donors (Lipinski definition) is 4. The predicted octanol–water partition coefficient (Wildman–Crippen LogP) is 0.579. The summed E-state index contributed by atoms with van der Waals surface area (Å²) in [5.41, 5.74) is 0. The highest BCUT2D eigenvalue weighted by Gasteiger charge is 2.09. The number of rotatable bonds is 1. The zero-order valence-corrected chi connectivity index (χ0v) is 8.07. The van der Waals surface area contributed by atoms with Gasteiger partial charge in [-0.3, -0.25) is 4.72 Å². The topological polar surface area (TPSA) is 58.4 Å². The maximum absolute atomic E-state index is 10.7. The first-order valence-electron chi connectivity index (χ1n) is 1.97. The Hall–Kier alpha value is 0.370. The molecule has 2 amide bonds. The molecule has 0 aliphatic heterocycles. The third-order valence-electron chi connectivity index (χ3n) is 0.558. The summed E-state index contributed by atoms with van der Waals surface area (Å²) in [7, 11) is 0.835. The van der Waals surface area contributed by atoms with Gasteiger partial charge in [0.15, 0.2) is 4.32 Å². The number of carbonyl (C=O) groups excluding carboxylic acids is 1. The van der Waals surface area contributed by atoms with Gasteiger partial charge < -0.3 is 0 Å². The fourth-order valence-corrected chi connectivity index (χ4v) is 0.760. The van der Waals surface area contributed by atoms with Crippen LogP contribution >= 0.6 is 47.5 Å². The van der Waals surface area contributed by atoms with Gasteiger partial charge in [-0.1, -0.05) is 23.9 Å². The molecular weight excluding hydrogens is 210 g/mol. The SMILES string of the molecule is NN(C(=O)NSS)C(=S)S. The molecule has 0 fully saturated rings. The minimum absolute atomic E-state index is 0.000108. The molecule has 0 radical (unpaired) electrons. The molecule has 0 aromatic carbocycles. The summed E-state index contributed by atoms with van der Waals surface area (Å²) in [4.78, 5) is 10.7. The van der Waals surface area contributed by atoms with Crippen LogP contribution in [0.4, 0.5) is 4.79 Å². The normalized spacial score (nSPS) is 8.70. The zero-order chi connectivity index (χ0) is 8.15. The van der Waals surface area contributed by atoms with E-state index in [1.54, 1.807) is 0 Å². The summed E-state index contributed by atoms with van der Waals surface area (Å²) in [5, 5.41) is 0.696. The van der Waals surface area contributed by atoms with Crippen molar-refractivity contribution in [1.82, 2.24) is 9.73 Å². The van der Waals surface area contributed by atoms with Crippen LogP contribution in [-0.4, -0.2) is 15.4 Å². The van der Waals surface area contributed by atoms with E-state index in [1.165, 1.54) is 0 Å². The Balaban J connectivity index is 3.82. The van der Waals surface area contributed by atoms with Gasteiger partial charge in [0, 0.05) is 11.0 Å². The largest absolute Gasteiger partial charge is 0.348 e. The number of amides is 2. The molecule has 0 saturated heterocycles. The number of carbonyl (C=O) groups is 1. The fraction of sp³-hybridized carbons (Fsp3) is 0. The van der Waals surface area contributed by atoms with E-state index in [2.05, 4.69) is 41.2 Å². The summed E-state index contributed by atoms with van der Waals surface area (Å²) in [6.45, 7) is 0. The molecule has 0 aliphatic rings. The van der Waals surface area contributed by atoms with E-state index >= 15 is 0 Å². The van der Waals surface area contributed by atoms with Crippen LogP contribution in [0.2, 0.25) is 0 Å². The Bertz CT molecular complexity index is 149. The minimum Gasteiger partial charge on any atom is -0.271 e. The molecule has 0 spiro atoms. The number of hydrazine groups is 1. The standard InChI is InChI=1S/C2H5N3OS4/c3-5(2(7)8)1(6)4-10-9/h9H,3H2,(H,4,6)(H,7,8). The van der Waals surface area contributed by atoms with Gasteiger partial charge in [-0.25, -0.2) is 15.6 Å². The molecule has 8 heteroatoms. The van der Waals surface area contributed by atoms with Crippen LogP contribution in [0.15, 0.2) is 0 Å². The summed E-state index contributed by atoms with van der Waals surface area (Å²) < 4.78 is 2.23. The maximum atomic E-state index is 10.7. The van der Waals surface area contributed by atoms with E-state index in [0.717, 1.165) is 11.0 Å². The fourth-order valence-electron chi connectivity index (χ4n) is 0.175. The molecule has 10 heavy (non-hydrogen) atoms. The predicted molar refractivity (Wildman–Crippen MR) is 52.7 cm³/mol. The lowest BCUT2D eigenvalue weighted by Crippen LogP contribution is -2.43.